The molecule has 10 heteroatoms. The Labute approximate surface area is 224 Å². The first-order chi connectivity index (χ1) is 17.5. The molecule has 3 amide bonds. The molecule has 1 fully saturated rings. The van der Waals surface area contributed by atoms with E-state index in [1.54, 1.807) is 39.8 Å². The fourth-order valence-corrected chi connectivity index (χ4v) is 4.84. The number of nitriles is 1. The van der Waals surface area contributed by atoms with Crippen LogP contribution in [0.5, 0.6) is 5.75 Å². The molecule has 0 heterocycles. The summed E-state index contributed by atoms with van der Waals surface area (Å²) in [6.45, 7) is 6.54. The average Bonchev–Trinajstić information content (AvgIpc) is 2.82. The Kier molecular flexibility index (Phi) is 11.6. The number of nitrogens with one attached hydrogen (secondary N) is 2. The number of hydrogen-bond acceptors (Lipinski definition) is 7. The number of phenolic OH excluding ortho intramolecular Hbond substituents is 1. The molecule has 1 saturated carbocycles. The van der Waals surface area contributed by atoms with Crippen LogP contribution in [-0.4, -0.2) is 64.2 Å². The van der Waals surface area contributed by atoms with Gasteiger partial charge in [-0.05, 0) is 82.2 Å². The van der Waals surface area contributed by atoms with Crippen molar-refractivity contribution in [2.75, 3.05) is 18.6 Å². The molecule has 0 saturated heterocycles. The molecule has 9 nitrogen and oxygen atoms in total. The number of thioether (sulfide) groups is 1. The maximum absolute atomic E-state index is 13.9. The lowest BCUT2D eigenvalue weighted by Crippen LogP contribution is -2.54. The molecular formula is C27H40N4O5S. The molecular weight excluding hydrogens is 492 g/mol. The summed E-state index contributed by atoms with van der Waals surface area (Å²) >= 11 is 1.52. The van der Waals surface area contributed by atoms with Gasteiger partial charge in [0.2, 0.25) is 11.8 Å². The van der Waals surface area contributed by atoms with E-state index in [9.17, 15) is 24.8 Å². The summed E-state index contributed by atoms with van der Waals surface area (Å²) in [5.41, 5.74) is 0.270. The monoisotopic (exact) mass is 532 g/mol. The Balaban J connectivity index is 2.44. The van der Waals surface area contributed by atoms with Crippen molar-refractivity contribution in [2.24, 2.45) is 0 Å². The predicted octanol–water partition coefficient (Wildman–Crippen LogP) is 4.19. The van der Waals surface area contributed by atoms with E-state index in [2.05, 4.69) is 10.6 Å². The highest BCUT2D eigenvalue weighted by atomic mass is 32.2. The van der Waals surface area contributed by atoms with E-state index in [1.807, 2.05) is 12.3 Å². The maximum atomic E-state index is 13.9. The van der Waals surface area contributed by atoms with Crippen LogP contribution in [0.2, 0.25) is 0 Å². The second kappa shape index (κ2) is 14.1. The van der Waals surface area contributed by atoms with Gasteiger partial charge < -0.3 is 25.4 Å². The summed E-state index contributed by atoms with van der Waals surface area (Å²) in [5, 5.41) is 25.4. The number of carbonyl (C=O) groups excluding carboxylic acids is 3. The molecule has 1 aliphatic carbocycles. The molecule has 1 aromatic rings. The second-order valence-electron chi connectivity index (χ2n) is 10.4. The largest absolute Gasteiger partial charge is 0.508 e. The third-order valence-electron chi connectivity index (χ3n) is 6.17. The number of benzene rings is 1. The van der Waals surface area contributed by atoms with Crippen LogP contribution in [0.1, 0.15) is 76.5 Å². The van der Waals surface area contributed by atoms with Crippen LogP contribution in [0.25, 0.3) is 0 Å². The van der Waals surface area contributed by atoms with E-state index in [-0.39, 0.29) is 24.2 Å². The smallest absolute Gasteiger partial charge is 0.408 e. The van der Waals surface area contributed by atoms with Gasteiger partial charge in [-0.2, -0.15) is 17.0 Å². The third-order valence-corrected chi connectivity index (χ3v) is 6.82. The number of aromatic hydroxyl groups is 1. The molecule has 1 aliphatic rings. The zero-order chi connectivity index (χ0) is 27.6. The highest BCUT2D eigenvalue weighted by Crippen LogP contribution is 2.28. The number of nitrogens with zero attached hydrogens (tertiary/aromatic N) is 2. The van der Waals surface area contributed by atoms with Crippen molar-refractivity contribution in [3.8, 4) is 11.8 Å². The molecule has 204 valence electrons. The van der Waals surface area contributed by atoms with E-state index in [4.69, 9.17) is 4.74 Å². The SMILES string of the molecule is CSCCC(NC(=O)OC(C)(C)C)C(=O)N(CC#N)C(C(=O)NC1CCCCC1)c1ccc(O)c(C)c1. The standard InChI is InChI=1S/C27H40N4O5S/c1-18-17-19(11-12-22(18)32)23(24(33)29-20-9-7-6-8-10-20)31(15-14-28)25(34)21(13-16-37-5)30-26(35)36-27(2,3)4/h11-12,17,20-21,23,32H,6-10,13,15-16H2,1-5H3,(H,29,33)(H,30,35). The van der Waals surface area contributed by atoms with Crippen LogP contribution < -0.4 is 10.6 Å². The molecule has 1 aromatic carbocycles. The summed E-state index contributed by atoms with van der Waals surface area (Å²) in [6, 6.07) is 4.63. The van der Waals surface area contributed by atoms with Gasteiger partial charge in [0.25, 0.3) is 0 Å². The number of hydrogen-bond donors (Lipinski definition) is 3. The van der Waals surface area contributed by atoms with Gasteiger partial charge in [-0.1, -0.05) is 25.3 Å². The zero-order valence-electron chi connectivity index (χ0n) is 22.5. The van der Waals surface area contributed by atoms with Crippen LogP contribution >= 0.6 is 11.8 Å². The van der Waals surface area contributed by atoms with Crippen molar-refractivity contribution in [3.63, 3.8) is 0 Å². The topological polar surface area (TPSA) is 132 Å². The van der Waals surface area contributed by atoms with Gasteiger partial charge in [0, 0.05) is 6.04 Å². The number of carbonyl (C=O) groups is 3. The zero-order valence-corrected chi connectivity index (χ0v) is 23.3. The molecule has 3 N–H and O–H groups in total. The normalized spacial score (nSPS) is 15.7. The van der Waals surface area contributed by atoms with E-state index >= 15 is 0 Å². The van der Waals surface area contributed by atoms with Gasteiger partial charge in [0.1, 0.15) is 30.0 Å². The molecule has 0 radical (unpaired) electrons. The summed E-state index contributed by atoms with van der Waals surface area (Å²) in [7, 11) is 0. The second-order valence-corrected chi connectivity index (χ2v) is 11.4. The number of amides is 3. The van der Waals surface area contributed by atoms with Crippen LogP contribution in [0.4, 0.5) is 4.79 Å². The number of phenols is 1. The van der Waals surface area contributed by atoms with Crippen LogP contribution in [0.15, 0.2) is 18.2 Å². The summed E-state index contributed by atoms with van der Waals surface area (Å²) < 4.78 is 5.36. The Morgan fingerprint density at radius 2 is 1.92 bits per heavy atom. The summed E-state index contributed by atoms with van der Waals surface area (Å²) in [5.74, 6) is -0.292. The van der Waals surface area contributed by atoms with E-state index in [1.165, 1.54) is 22.7 Å². The Morgan fingerprint density at radius 3 is 2.49 bits per heavy atom. The van der Waals surface area contributed by atoms with E-state index in [0.717, 1.165) is 32.1 Å². The van der Waals surface area contributed by atoms with Gasteiger partial charge in [0.05, 0.1) is 6.07 Å². The molecule has 0 aliphatic heterocycles. The fourth-order valence-electron chi connectivity index (χ4n) is 4.36. The number of alkyl carbamates (subject to hydrolysis) is 1. The average molecular weight is 533 g/mol. The minimum absolute atomic E-state index is 0.00632. The van der Waals surface area contributed by atoms with E-state index < -0.39 is 29.7 Å². The maximum Gasteiger partial charge on any atom is 0.408 e. The fraction of sp³-hybridized carbons (Fsp3) is 0.630. The number of ether oxygens (including phenoxy) is 1. The first-order valence-corrected chi connectivity index (χ1v) is 14.1. The lowest BCUT2D eigenvalue weighted by Gasteiger charge is -2.34. The Bertz CT molecular complexity index is 982. The molecule has 2 atom stereocenters. The summed E-state index contributed by atoms with van der Waals surface area (Å²) in [6.07, 6.45) is 6.32. The highest BCUT2D eigenvalue weighted by Gasteiger charge is 2.37. The van der Waals surface area contributed by atoms with Crippen LogP contribution in [-0.2, 0) is 14.3 Å². The minimum atomic E-state index is -1.11. The van der Waals surface area contributed by atoms with Gasteiger partial charge >= 0.3 is 6.09 Å². The summed E-state index contributed by atoms with van der Waals surface area (Å²) in [4.78, 5) is 41.3. The van der Waals surface area contributed by atoms with Gasteiger partial charge in [-0.3, -0.25) is 9.59 Å². The lowest BCUT2D eigenvalue weighted by atomic mass is 9.94. The quantitative estimate of drug-likeness (QED) is 0.385. The van der Waals surface area contributed by atoms with Crippen molar-refractivity contribution < 1.29 is 24.2 Å². The Morgan fingerprint density at radius 1 is 1.24 bits per heavy atom. The molecule has 0 bridgehead atoms. The molecule has 2 rings (SSSR count). The lowest BCUT2D eigenvalue weighted by molar-refractivity contribution is -0.142. The Hall–Kier alpha value is -2.93. The van der Waals surface area contributed by atoms with Gasteiger partial charge in [-0.15, -0.1) is 0 Å². The minimum Gasteiger partial charge on any atom is -0.508 e. The number of rotatable bonds is 10. The third kappa shape index (κ3) is 9.47. The first-order valence-electron chi connectivity index (χ1n) is 12.7. The van der Waals surface area contributed by atoms with Crippen molar-refractivity contribution >= 4 is 29.7 Å². The first kappa shape index (κ1) is 30.3. The molecule has 0 spiro atoms. The van der Waals surface area contributed by atoms with Crippen molar-refractivity contribution in [1.29, 1.82) is 5.26 Å². The number of aryl methyl sites for hydroxylation is 1. The molecule has 0 aromatic heterocycles. The van der Waals surface area contributed by atoms with Crippen molar-refractivity contribution in [2.45, 2.75) is 89.9 Å². The van der Waals surface area contributed by atoms with Crippen molar-refractivity contribution in [1.82, 2.24) is 15.5 Å². The van der Waals surface area contributed by atoms with Gasteiger partial charge in [0.15, 0.2) is 0 Å². The molecule has 2 unspecified atom stereocenters. The molecule has 37 heavy (non-hydrogen) atoms. The van der Waals surface area contributed by atoms with Crippen LogP contribution in [0, 0.1) is 18.3 Å². The van der Waals surface area contributed by atoms with Crippen LogP contribution in [0.3, 0.4) is 0 Å². The van der Waals surface area contributed by atoms with E-state index in [0.29, 0.717) is 23.3 Å². The predicted molar refractivity (Wildman–Crippen MR) is 144 cm³/mol. The van der Waals surface area contributed by atoms with Gasteiger partial charge in [-0.25, -0.2) is 4.79 Å². The van der Waals surface area contributed by atoms with Crippen molar-refractivity contribution in [3.05, 3.63) is 29.3 Å². The highest BCUT2D eigenvalue weighted by molar-refractivity contribution is 7.98.